The average Bonchev–Trinajstić information content (AvgIpc) is 1.90. The Balaban J connectivity index is 2.18. The summed E-state index contributed by atoms with van der Waals surface area (Å²) in [5.74, 6) is 0.973. The molecule has 0 atom stereocenters. The van der Waals surface area contributed by atoms with Gasteiger partial charge in [-0.25, -0.2) is 0 Å². The zero-order valence-corrected chi connectivity index (χ0v) is 6.27. The van der Waals surface area contributed by atoms with Gasteiger partial charge in [-0.15, -0.1) is 0 Å². The van der Waals surface area contributed by atoms with Crippen molar-refractivity contribution >= 4 is 0 Å². The lowest BCUT2D eigenvalue weighted by Crippen LogP contribution is -2.84. The second kappa shape index (κ2) is 3.21. The first-order chi connectivity index (χ1) is 4.33. The van der Waals surface area contributed by atoms with Crippen LogP contribution in [0.3, 0.4) is 0 Å². The van der Waals surface area contributed by atoms with Crippen molar-refractivity contribution in [1.82, 2.24) is 0 Å². The van der Waals surface area contributed by atoms with Gasteiger partial charge in [0.05, 0.1) is 6.04 Å². The first kappa shape index (κ1) is 7.07. The molecule has 0 amide bonds. The van der Waals surface area contributed by atoms with Crippen molar-refractivity contribution in [2.45, 2.75) is 38.6 Å². The highest BCUT2D eigenvalue weighted by molar-refractivity contribution is 4.67. The minimum absolute atomic E-state index is 0.834. The van der Waals surface area contributed by atoms with Crippen molar-refractivity contribution in [1.29, 1.82) is 0 Å². The molecule has 1 rings (SSSR count). The molecule has 0 saturated heterocycles. The number of rotatable bonds is 1. The maximum atomic E-state index is 3.81. The molecule has 0 aliphatic heterocycles. The number of hydrogen-bond donors (Lipinski definition) is 1. The second-order valence-corrected chi connectivity index (χ2v) is 3.26. The Morgan fingerprint density at radius 1 is 1.22 bits per heavy atom. The molecule has 1 fully saturated rings. The quantitative estimate of drug-likeness (QED) is 0.504. The fourth-order valence-electron chi connectivity index (χ4n) is 1.52. The van der Waals surface area contributed by atoms with Crippen LogP contribution < -0.4 is 5.32 Å². The zero-order valence-electron chi connectivity index (χ0n) is 6.27. The normalized spacial score (nSPS) is 36.7. The van der Waals surface area contributed by atoms with E-state index in [1.165, 1.54) is 25.7 Å². The summed E-state index contributed by atoms with van der Waals surface area (Å²) in [6.45, 7) is 2.35. The third-order valence-electron chi connectivity index (χ3n) is 2.39. The lowest BCUT2D eigenvalue weighted by Gasteiger charge is -2.25. The predicted octanol–water partition coefficient (Wildman–Crippen LogP) is 0.920. The molecular weight excluding hydrogens is 110 g/mol. The first-order valence-corrected chi connectivity index (χ1v) is 3.95. The van der Waals surface area contributed by atoms with Crippen LogP contribution in [0.4, 0.5) is 0 Å². The van der Waals surface area contributed by atoms with Crippen LogP contribution in [0.15, 0.2) is 0 Å². The van der Waals surface area contributed by atoms with E-state index in [1.54, 1.807) is 0 Å². The highest BCUT2D eigenvalue weighted by atomic mass is 14.9. The maximum Gasteiger partial charge on any atom is 0.0620 e. The highest BCUT2D eigenvalue weighted by Crippen LogP contribution is 2.21. The Bertz CT molecular complexity index is 72.6. The summed E-state index contributed by atoms with van der Waals surface area (Å²) in [6, 6.07) is 0.834. The highest BCUT2D eigenvalue weighted by Gasteiger charge is 2.16. The van der Waals surface area contributed by atoms with Crippen molar-refractivity contribution < 1.29 is 5.32 Å². The molecule has 0 aromatic rings. The van der Waals surface area contributed by atoms with E-state index in [9.17, 15) is 0 Å². The Labute approximate surface area is 57.8 Å². The van der Waals surface area contributed by atoms with Gasteiger partial charge in [-0.3, -0.25) is 0 Å². The summed E-state index contributed by atoms with van der Waals surface area (Å²) in [4.78, 5) is 0. The molecule has 0 aromatic carbocycles. The van der Waals surface area contributed by atoms with Crippen LogP contribution in [0.5, 0.6) is 0 Å². The zero-order chi connectivity index (χ0) is 6.69. The minimum Gasteiger partial charge on any atom is -0.476 e. The minimum atomic E-state index is 0.834. The van der Waals surface area contributed by atoms with Gasteiger partial charge in [-0.2, -0.15) is 7.05 Å². The van der Waals surface area contributed by atoms with E-state index in [-0.39, 0.29) is 0 Å². The van der Waals surface area contributed by atoms with Crippen molar-refractivity contribution in [2.75, 3.05) is 0 Å². The molecule has 54 valence electrons. The van der Waals surface area contributed by atoms with Gasteiger partial charge in [0.1, 0.15) is 0 Å². The summed E-state index contributed by atoms with van der Waals surface area (Å²) in [5, 5.41) is 2.12. The summed E-state index contributed by atoms with van der Waals surface area (Å²) in [5.41, 5.74) is 0. The summed E-state index contributed by atoms with van der Waals surface area (Å²) >= 11 is 0. The molecule has 9 heavy (non-hydrogen) atoms. The first-order valence-electron chi connectivity index (χ1n) is 3.95. The van der Waals surface area contributed by atoms with Gasteiger partial charge in [0.25, 0.3) is 0 Å². The van der Waals surface area contributed by atoms with Gasteiger partial charge >= 0.3 is 0 Å². The molecule has 0 heterocycles. The second-order valence-electron chi connectivity index (χ2n) is 3.26. The van der Waals surface area contributed by atoms with Crippen LogP contribution in [0.25, 0.3) is 0 Å². The Hall–Kier alpha value is -0.0400. The fraction of sp³-hybridized carbons (Fsp3) is 0.875. The SMILES string of the molecule is [CH2-][NH2+]C1CCC(C)CC1. The number of hydrogen-bond acceptors (Lipinski definition) is 0. The van der Waals surface area contributed by atoms with Gasteiger partial charge in [-0.1, -0.05) is 6.92 Å². The topological polar surface area (TPSA) is 16.6 Å². The van der Waals surface area contributed by atoms with Gasteiger partial charge in [0.2, 0.25) is 0 Å². The molecule has 1 heteroatoms. The van der Waals surface area contributed by atoms with Crippen molar-refractivity contribution in [2.24, 2.45) is 5.92 Å². The average molecular weight is 127 g/mol. The third-order valence-corrected chi connectivity index (χ3v) is 2.39. The summed E-state index contributed by atoms with van der Waals surface area (Å²) in [6.07, 6.45) is 5.59. The molecule has 0 aromatic heterocycles. The van der Waals surface area contributed by atoms with Gasteiger partial charge in [0.15, 0.2) is 0 Å². The van der Waals surface area contributed by atoms with E-state index in [2.05, 4.69) is 19.3 Å². The van der Waals surface area contributed by atoms with E-state index >= 15 is 0 Å². The molecule has 0 spiro atoms. The van der Waals surface area contributed by atoms with Crippen molar-refractivity contribution in [3.8, 4) is 0 Å². The lowest BCUT2D eigenvalue weighted by atomic mass is 9.87. The molecule has 1 aliphatic rings. The van der Waals surface area contributed by atoms with E-state index in [4.69, 9.17) is 0 Å². The Kier molecular flexibility index (Phi) is 2.52. The summed E-state index contributed by atoms with van der Waals surface area (Å²) < 4.78 is 0. The number of nitrogens with two attached hydrogens (primary N) is 1. The van der Waals surface area contributed by atoms with Crippen LogP contribution >= 0.6 is 0 Å². The maximum absolute atomic E-state index is 3.81. The van der Waals surface area contributed by atoms with Crippen LogP contribution in [-0.2, 0) is 0 Å². The number of quaternary nitrogens is 1. The lowest BCUT2D eigenvalue weighted by molar-refractivity contribution is -0.637. The molecule has 1 nitrogen and oxygen atoms in total. The standard InChI is InChI=1S/C8H17N/c1-7-3-5-8(9-2)6-4-7/h7-8H,2-6,9H2,1H3. The van der Waals surface area contributed by atoms with Gasteiger partial charge in [-0.05, 0) is 31.6 Å². The van der Waals surface area contributed by atoms with Gasteiger partial charge < -0.3 is 5.32 Å². The van der Waals surface area contributed by atoms with Crippen LogP contribution in [0.1, 0.15) is 32.6 Å². The Morgan fingerprint density at radius 3 is 2.22 bits per heavy atom. The molecule has 0 radical (unpaired) electrons. The summed E-state index contributed by atoms with van der Waals surface area (Å²) in [7, 11) is 3.81. The molecule has 0 bridgehead atoms. The van der Waals surface area contributed by atoms with E-state index in [1.807, 2.05) is 0 Å². The van der Waals surface area contributed by atoms with Crippen molar-refractivity contribution in [3.05, 3.63) is 7.05 Å². The van der Waals surface area contributed by atoms with E-state index < -0.39 is 0 Å². The molecule has 1 aliphatic carbocycles. The van der Waals surface area contributed by atoms with Crippen LogP contribution in [0.2, 0.25) is 0 Å². The fourth-order valence-corrected chi connectivity index (χ4v) is 1.52. The van der Waals surface area contributed by atoms with Gasteiger partial charge in [0, 0.05) is 0 Å². The monoisotopic (exact) mass is 127 g/mol. The molecule has 2 N–H and O–H groups in total. The molecule has 0 unspecified atom stereocenters. The van der Waals surface area contributed by atoms with Crippen molar-refractivity contribution in [3.63, 3.8) is 0 Å². The smallest absolute Gasteiger partial charge is 0.0620 e. The largest absolute Gasteiger partial charge is 0.476 e. The van der Waals surface area contributed by atoms with E-state index in [0.29, 0.717) is 0 Å². The van der Waals surface area contributed by atoms with Crippen LogP contribution in [-0.4, -0.2) is 6.04 Å². The van der Waals surface area contributed by atoms with E-state index in [0.717, 1.165) is 12.0 Å². The predicted molar refractivity (Wildman–Crippen MR) is 38.7 cm³/mol. The van der Waals surface area contributed by atoms with Crippen LogP contribution in [0, 0.1) is 13.0 Å². The Morgan fingerprint density at radius 2 is 1.78 bits per heavy atom. The molecule has 1 saturated carbocycles. The third kappa shape index (κ3) is 1.98. The molecular formula is C8H17N.